The molecule has 1 unspecified atom stereocenters. The zero-order chi connectivity index (χ0) is 16.5. The van der Waals surface area contributed by atoms with Crippen LogP contribution in [0.4, 0.5) is 0 Å². The molecule has 1 amide bonds. The van der Waals surface area contributed by atoms with Crippen LogP contribution in [0.1, 0.15) is 36.3 Å². The third-order valence-corrected chi connectivity index (χ3v) is 5.01. The monoisotopic (exact) mass is 319 g/mol. The van der Waals surface area contributed by atoms with E-state index in [1.807, 2.05) is 12.1 Å². The van der Waals surface area contributed by atoms with Crippen molar-refractivity contribution in [1.29, 1.82) is 0 Å². The lowest BCUT2D eigenvalue weighted by atomic mass is 9.88. The Hall–Kier alpha value is -2.62. The van der Waals surface area contributed by atoms with E-state index in [4.69, 9.17) is 0 Å². The summed E-state index contributed by atoms with van der Waals surface area (Å²) in [6, 6.07) is 14.6. The third-order valence-electron chi connectivity index (χ3n) is 5.01. The Morgan fingerprint density at radius 3 is 3.00 bits per heavy atom. The number of H-pyrrole nitrogens is 1. The summed E-state index contributed by atoms with van der Waals surface area (Å²) in [6.45, 7) is 2.06. The first-order valence-electron chi connectivity index (χ1n) is 8.51. The van der Waals surface area contributed by atoms with Crippen LogP contribution in [0, 0.1) is 5.92 Å². The summed E-state index contributed by atoms with van der Waals surface area (Å²) >= 11 is 0. The zero-order valence-corrected chi connectivity index (χ0v) is 13.8. The Bertz CT molecular complexity index is 878. The van der Waals surface area contributed by atoms with Gasteiger partial charge in [-0.1, -0.05) is 42.5 Å². The third kappa shape index (κ3) is 2.68. The minimum absolute atomic E-state index is 0.00763. The summed E-state index contributed by atoms with van der Waals surface area (Å²) in [6.07, 6.45) is 4.22. The quantitative estimate of drug-likeness (QED) is 0.776. The molecular formula is C20H21N3O. The molecule has 1 aromatic heterocycles. The lowest BCUT2D eigenvalue weighted by Gasteiger charge is -2.24. The minimum Gasteiger partial charge on any atom is -0.349 e. The van der Waals surface area contributed by atoms with E-state index in [-0.39, 0.29) is 17.9 Å². The number of nitrogens with zero attached hydrogens (tertiary/aromatic N) is 1. The predicted molar refractivity (Wildman–Crippen MR) is 94.6 cm³/mol. The van der Waals surface area contributed by atoms with Gasteiger partial charge in [0, 0.05) is 18.0 Å². The first kappa shape index (κ1) is 14.9. The first-order valence-corrected chi connectivity index (χ1v) is 8.51. The highest BCUT2D eigenvalue weighted by Gasteiger charge is 2.27. The highest BCUT2D eigenvalue weighted by Crippen LogP contribution is 2.26. The summed E-state index contributed by atoms with van der Waals surface area (Å²) in [7, 11) is 0. The van der Waals surface area contributed by atoms with Crippen LogP contribution < -0.4 is 5.32 Å². The summed E-state index contributed by atoms with van der Waals surface area (Å²) in [5.41, 5.74) is 3.39. The number of benzene rings is 2. The normalized spacial score (nSPS) is 18.1. The number of amides is 1. The van der Waals surface area contributed by atoms with Crippen LogP contribution in [0.5, 0.6) is 0 Å². The lowest BCUT2D eigenvalue weighted by molar-refractivity contribution is -0.126. The van der Waals surface area contributed by atoms with E-state index in [0.717, 1.165) is 30.7 Å². The number of rotatable bonds is 3. The number of aromatic amines is 1. The molecule has 4 heteroatoms. The van der Waals surface area contributed by atoms with Crippen molar-refractivity contribution < 1.29 is 4.79 Å². The first-order chi connectivity index (χ1) is 11.7. The van der Waals surface area contributed by atoms with Gasteiger partial charge in [0.1, 0.15) is 0 Å². The number of hydrogen-bond acceptors (Lipinski definition) is 2. The largest absolute Gasteiger partial charge is 0.349 e. The van der Waals surface area contributed by atoms with Crippen LogP contribution in [0.3, 0.4) is 0 Å². The molecule has 0 aliphatic heterocycles. The van der Waals surface area contributed by atoms with Gasteiger partial charge < -0.3 is 10.3 Å². The fourth-order valence-corrected chi connectivity index (χ4v) is 3.66. The predicted octanol–water partition coefficient (Wildman–Crippen LogP) is 3.55. The summed E-state index contributed by atoms with van der Waals surface area (Å²) in [5, 5.41) is 5.61. The Labute approximate surface area is 141 Å². The van der Waals surface area contributed by atoms with Gasteiger partial charge >= 0.3 is 0 Å². The maximum Gasteiger partial charge on any atom is 0.223 e. The smallest absolute Gasteiger partial charge is 0.223 e. The molecule has 0 radical (unpaired) electrons. The highest BCUT2D eigenvalue weighted by molar-refractivity contribution is 5.87. The molecule has 4 nitrogen and oxygen atoms in total. The van der Waals surface area contributed by atoms with Crippen molar-refractivity contribution in [2.75, 3.05) is 0 Å². The highest BCUT2D eigenvalue weighted by atomic mass is 16.1. The van der Waals surface area contributed by atoms with Gasteiger partial charge in [0.15, 0.2) is 0 Å². The van der Waals surface area contributed by atoms with Crippen molar-refractivity contribution in [3.63, 3.8) is 0 Å². The van der Waals surface area contributed by atoms with E-state index in [0.29, 0.717) is 0 Å². The molecule has 2 atom stereocenters. The fraction of sp³-hybridized carbons (Fsp3) is 0.300. The van der Waals surface area contributed by atoms with Crippen LogP contribution >= 0.6 is 0 Å². The molecule has 122 valence electrons. The van der Waals surface area contributed by atoms with Crippen LogP contribution in [-0.2, 0) is 17.6 Å². The van der Waals surface area contributed by atoms with Crippen molar-refractivity contribution >= 4 is 16.7 Å². The van der Waals surface area contributed by atoms with Crippen molar-refractivity contribution in [2.24, 2.45) is 5.92 Å². The molecule has 3 aromatic rings. The molecule has 4 rings (SSSR count). The average molecular weight is 319 g/mol. The van der Waals surface area contributed by atoms with E-state index in [9.17, 15) is 4.79 Å². The molecule has 0 saturated heterocycles. The van der Waals surface area contributed by atoms with E-state index >= 15 is 0 Å². The second-order valence-electron chi connectivity index (χ2n) is 6.57. The number of carbonyl (C=O) groups is 1. The molecule has 0 bridgehead atoms. The summed E-state index contributed by atoms with van der Waals surface area (Å²) in [4.78, 5) is 20.2. The topological polar surface area (TPSA) is 57.8 Å². The number of aryl methyl sites for hydroxylation is 1. The minimum atomic E-state index is -0.00763. The van der Waals surface area contributed by atoms with E-state index in [1.54, 1.807) is 6.33 Å². The second-order valence-corrected chi connectivity index (χ2v) is 6.57. The number of fused-ring (bicyclic) bond motifs is 2. The van der Waals surface area contributed by atoms with Crippen LogP contribution in [0.15, 0.2) is 48.8 Å². The van der Waals surface area contributed by atoms with Gasteiger partial charge in [-0.25, -0.2) is 4.98 Å². The fourth-order valence-electron chi connectivity index (χ4n) is 3.66. The van der Waals surface area contributed by atoms with Crippen molar-refractivity contribution in [3.05, 3.63) is 65.7 Å². The molecule has 1 aliphatic carbocycles. The molecule has 2 N–H and O–H groups in total. The van der Waals surface area contributed by atoms with Gasteiger partial charge in [-0.05, 0) is 36.1 Å². The molecular weight excluding hydrogens is 298 g/mol. The van der Waals surface area contributed by atoms with Crippen LogP contribution in [0.2, 0.25) is 0 Å². The Balaban J connectivity index is 1.51. The van der Waals surface area contributed by atoms with E-state index < -0.39 is 0 Å². The maximum atomic E-state index is 12.7. The molecule has 0 saturated carbocycles. The van der Waals surface area contributed by atoms with Gasteiger partial charge in [0.2, 0.25) is 5.91 Å². The van der Waals surface area contributed by atoms with E-state index in [2.05, 4.69) is 52.5 Å². The molecule has 0 spiro atoms. The maximum absolute atomic E-state index is 12.7. The molecule has 1 aliphatic rings. The molecule has 0 fully saturated rings. The number of aromatic nitrogens is 2. The molecule has 24 heavy (non-hydrogen) atoms. The van der Waals surface area contributed by atoms with Crippen molar-refractivity contribution in [2.45, 2.75) is 32.2 Å². The van der Waals surface area contributed by atoms with Gasteiger partial charge in [-0.3, -0.25) is 4.79 Å². The van der Waals surface area contributed by atoms with Crippen molar-refractivity contribution in [1.82, 2.24) is 15.3 Å². The zero-order valence-electron chi connectivity index (χ0n) is 13.8. The Kier molecular flexibility index (Phi) is 3.81. The number of imidazole rings is 1. The van der Waals surface area contributed by atoms with Gasteiger partial charge in [-0.2, -0.15) is 0 Å². The second kappa shape index (κ2) is 6.11. The van der Waals surface area contributed by atoms with Gasteiger partial charge in [0.25, 0.3) is 0 Å². The van der Waals surface area contributed by atoms with Crippen LogP contribution in [-0.4, -0.2) is 15.9 Å². The SMILES string of the molecule is C[C@H](NC(=O)C1CCc2nc[nH]c2C1)c1cccc2ccccc12. The Morgan fingerprint density at radius 2 is 2.08 bits per heavy atom. The lowest BCUT2D eigenvalue weighted by Crippen LogP contribution is -2.35. The van der Waals surface area contributed by atoms with Crippen molar-refractivity contribution in [3.8, 4) is 0 Å². The van der Waals surface area contributed by atoms with Gasteiger partial charge in [0.05, 0.1) is 18.1 Å². The molecule has 1 heterocycles. The number of nitrogens with one attached hydrogen (secondary N) is 2. The average Bonchev–Trinajstić information content (AvgIpc) is 3.08. The summed E-state index contributed by atoms with van der Waals surface area (Å²) < 4.78 is 0. The summed E-state index contributed by atoms with van der Waals surface area (Å²) in [5.74, 6) is 0.158. The standard InChI is InChI=1S/C20H21N3O/c1-13(16-8-4-6-14-5-2-3-7-17(14)16)23-20(24)15-9-10-18-19(11-15)22-12-21-18/h2-8,12-13,15H,9-11H2,1H3,(H,21,22)(H,23,24)/t13-,15?/m0/s1. The number of carbonyl (C=O) groups excluding carboxylic acids is 1. The van der Waals surface area contributed by atoms with Crippen LogP contribution in [0.25, 0.3) is 10.8 Å². The Morgan fingerprint density at radius 1 is 1.25 bits per heavy atom. The van der Waals surface area contributed by atoms with Gasteiger partial charge in [-0.15, -0.1) is 0 Å². The van der Waals surface area contributed by atoms with E-state index in [1.165, 1.54) is 16.3 Å². The molecule has 2 aromatic carbocycles. The number of hydrogen-bond donors (Lipinski definition) is 2.